The van der Waals surface area contributed by atoms with Crippen molar-refractivity contribution in [2.45, 2.75) is 24.9 Å². The van der Waals surface area contributed by atoms with Crippen molar-refractivity contribution >= 4 is 21.5 Å². The Labute approximate surface area is 134 Å². The second kappa shape index (κ2) is 7.00. The van der Waals surface area contributed by atoms with E-state index in [1.165, 1.54) is 12.3 Å². The Hall–Kier alpha value is -1.14. The zero-order valence-corrected chi connectivity index (χ0v) is 13.7. The van der Waals surface area contributed by atoms with Crippen LogP contribution in [0.25, 0.3) is 0 Å². The normalized spacial score (nSPS) is 27.1. The van der Waals surface area contributed by atoms with Crippen LogP contribution in [0.2, 0.25) is 0 Å². The number of nitrogens with zero attached hydrogens (tertiary/aromatic N) is 2. The molecule has 0 spiro atoms. The van der Waals surface area contributed by atoms with E-state index in [-0.39, 0.29) is 12.2 Å². The number of hydrogen-bond acceptors (Lipinski definition) is 9. The number of anilines is 1. The molecule has 1 fully saturated rings. The molecule has 0 amide bonds. The molecule has 0 saturated carbocycles. The van der Waals surface area contributed by atoms with Crippen LogP contribution in [-0.4, -0.2) is 48.2 Å². The lowest BCUT2D eigenvalue weighted by atomic mass is 10.2. The third kappa shape index (κ3) is 5.18. The Morgan fingerprint density at radius 1 is 1.42 bits per heavy atom. The molecule has 4 atom stereocenters. The Bertz CT molecular complexity index is 747. The standard InChI is InChI=1S/C9H15N3O10P2/c10-7-1-2-12(9(14)11-7)8-3-5(13)6(21-8)4-20-24(18,19)22-23(15,16)17/h1-2,5-6,8,13H,3-4H2,(H,18,19)(H2,10,11,14)(H2,15,16,17)/t5-,6+,8-/m0/s1. The molecule has 0 aliphatic carbocycles. The van der Waals surface area contributed by atoms with Gasteiger partial charge in [0.05, 0.1) is 12.7 Å². The first-order valence-electron chi connectivity index (χ1n) is 6.39. The number of nitrogens with two attached hydrogens (primary N) is 1. The van der Waals surface area contributed by atoms with Crippen molar-refractivity contribution in [1.82, 2.24) is 9.55 Å². The summed E-state index contributed by atoms with van der Waals surface area (Å²) in [4.78, 5) is 41.3. The minimum atomic E-state index is -5.24. The third-order valence-electron chi connectivity index (χ3n) is 2.98. The molecule has 6 N–H and O–H groups in total. The average molecular weight is 387 g/mol. The van der Waals surface area contributed by atoms with E-state index >= 15 is 0 Å². The van der Waals surface area contributed by atoms with E-state index < -0.39 is 46.4 Å². The Kier molecular flexibility index (Phi) is 5.60. The summed E-state index contributed by atoms with van der Waals surface area (Å²) in [5, 5.41) is 9.86. The number of hydrogen-bond donors (Lipinski definition) is 5. The lowest BCUT2D eigenvalue weighted by Gasteiger charge is -2.18. The van der Waals surface area contributed by atoms with Gasteiger partial charge in [-0.25, -0.2) is 13.9 Å². The van der Waals surface area contributed by atoms with Crippen molar-refractivity contribution in [2.24, 2.45) is 0 Å². The fourth-order valence-electron chi connectivity index (χ4n) is 2.01. The monoisotopic (exact) mass is 387 g/mol. The van der Waals surface area contributed by atoms with E-state index in [2.05, 4.69) is 13.8 Å². The number of aliphatic hydroxyl groups excluding tert-OH is 1. The van der Waals surface area contributed by atoms with Crippen molar-refractivity contribution in [2.75, 3.05) is 12.3 Å². The fourth-order valence-corrected chi connectivity index (χ4v) is 3.61. The summed E-state index contributed by atoms with van der Waals surface area (Å²) in [5.41, 5.74) is 4.64. The highest BCUT2D eigenvalue weighted by molar-refractivity contribution is 7.60. The zero-order valence-electron chi connectivity index (χ0n) is 11.9. The first-order chi connectivity index (χ1) is 11.0. The molecule has 0 radical (unpaired) electrons. The van der Waals surface area contributed by atoms with Crippen LogP contribution in [0.15, 0.2) is 17.1 Å². The molecule has 1 unspecified atom stereocenters. The van der Waals surface area contributed by atoms with Crippen molar-refractivity contribution in [3.63, 3.8) is 0 Å². The molecular weight excluding hydrogens is 372 g/mol. The van der Waals surface area contributed by atoms with Crippen LogP contribution >= 0.6 is 15.6 Å². The largest absolute Gasteiger partial charge is 0.481 e. The highest BCUT2D eigenvalue weighted by Crippen LogP contribution is 2.57. The van der Waals surface area contributed by atoms with Gasteiger partial charge in [-0.2, -0.15) is 9.29 Å². The summed E-state index contributed by atoms with van der Waals surface area (Å²) in [7, 11) is -10.3. The molecule has 2 heterocycles. The summed E-state index contributed by atoms with van der Waals surface area (Å²) in [6.45, 7) is -0.706. The molecular formula is C9H15N3O10P2. The molecule has 1 saturated heterocycles. The molecule has 0 aromatic carbocycles. The lowest BCUT2D eigenvalue weighted by Crippen LogP contribution is -2.28. The molecule has 24 heavy (non-hydrogen) atoms. The number of aromatic nitrogens is 2. The van der Waals surface area contributed by atoms with E-state index in [4.69, 9.17) is 25.2 Å². The molecule has 13 nitrogen and oxygen atoms in total. The van der Waals surface area contributed by atoms with Crippen molar-refractivity contribution in [3.8, 4) is 0 Å². The van der Waals surface area contributed by atoms with Gasteiger partial charge in [0.1, 0.15) is 18.1 Å². The highest BCUT2D eigenvalue weighted by atomic mass is 31.3. The average Bonchev–Trinajstić information content (AvgIpc) is 2.75. The zero-order chi connectivity index (χ0) is 18.1. The summed E-state index contributed by atoms with van der Waals surface area (Å²) in [6, 6.07) is 1.34. The number of rotatable bonds is 6. The van der Waals surface area contributed by atoms with Crippen molar-refractivity contribution in [1.29, 1.82) is 0 Å². The van der Waals surface area contributed by atoms with Crippen LogP contribution in [0.1, 0.15) is 12.6 Å². The van der Waals surface area contributed by atoms with Gasteiger partial charge >= 0.3 is 21.3 Å². The van der Waals surface area contributed by atoms with Crippen LogP contribution in [0.4, 0.5) is 5.82 Å². The molecule has 1 aliphatic heterocycles. The Morgan fingerprint density at radius 3 is 2.67 bits per heavy atom. The number of phosphoric acid groups is 2. The van der Waals surface area contributed by atoms with Crippen LogP contribution in [0.5, 0.6) is 0 Å². The maximum absolute atomic E-state index is 11.7. The summed E-state index contributed by atoms with van der Waals surface area (Å²) < 4.78 is 36.2. The van der Waals surface area contributed by atoms with Gasteiger partial charge in [-0.15, -0.1) is 0 Å². The molecule has 1 aromatic heterocycles. The van der Waals surface area contributed by atoms with E-state index in [0.717, 1.165) is 4.57 Å². The molecule has 136 valence electrons. The SMILES string of the molecule is Nc1ccn([C@@H]2C[C@H](O)[C@@H](COP(=O)(O)OP(=O)(O)O)O2)c(=O)n1. The lowest BCUT2D eigenvalue weighted by molar-refractivity contribution is -0.0449. The van der Waals surface area contributed by atoms with Gasteiger partial charge in [0.25, 0.3) is 0 Å². The summed E-state index contributed by atoms with van der Waals surface area (Å²) >= 11 is 0. The predicted octanol–water partition coefficient (Wildman–Crippen LogP) is -1.30. The molecule has 1 aliphatic rings. The van der Waals surface area contributed by atoms with Gasteiger partial charge in [-0.1, -0.05) is 0 Å². The second-order valence-electron chi connectivity index (χ2n) is 4.81. The second-order valence-corrected chi connectivity index (χ2v) is 7.64. The maximum Gasteiger partial charge on any atom is 0.481 e. The van der Waals surface area contributed by atoms with E-state index in [0.29, 0.717) is 0 Å². The quantitative estimate of drug-likeness (QED) is 0.361. The van der Waals surface area contributed by atoms with Crippen LogP contribution < -0.4 is 11.4 Å². The smallest absolute Gasteiger partial charge is 0.390 e. The van der Waals surface area contributed by atoms with Gasteiger partial charge < -0.3 is 30.3 Å². The topological polar surface area (TPSA) is 204 Å². The fraction of sp³-hybridized carbons (Fsp3) is 0.556. The maximum atomic E-state index is 11.7. The van der Waals surface area contributed by atoms with Crippen molar-refractivity contribution < 1.29 is 42.5 Å². The number of phosphoric ester groups is 1. The molecule has 0 bridgehead atoms. The van der Waals surface area contributed by atoms with Crippen molar-refractivity contribution in [3.05, 3.63) is 22.7 Å². The molecule has 1 aromatic rings. The third-order valence-corrected chi connectivity index (χ3v) is 5.13. The van der Waals surface area contributed by atoms with Crippen LogP contribution in [-0.2, 0) is 22.7 Å². The highest BCUT2D eigenvalue weighted by Gasteiger charge is 2.39. The Morgan fingerprint density at radius 2 is 2.08 bits per heavy atom. The number of ether oxygens (including phenoxy) is 1. The first-order valence-corrected chi connectivity index (χ1v) is 9.42. The molecule has 15 heteroatoms. The van der Waals surface area contributed by atoms with Gasteiger partial charge in [0.15, 0.2) is 0 Å². The van der Waals surface area contributed by atoms with E-state index in [1.807, 2.05) is 0 Å². The minimum absolute atomic E-state index is 0.00508. The number of nitrogen functional groups attached to an aromatic ring is 1. The van der Waals surface area contributed by atoms with E-state index in [1.54, 1.807) is 0 Å². The summed E-state index contributed by atoms with van der Waals surface area (Å²) in [5.74, 6) is 0.00508. The van der Waals surface area contributed by atoms with Gasteiger partial charge in [-0.3, -0.25) is 9.09 Å². The van der Waals surface area contributed by atoms with Gasteiger partial charge in [0, 0.05) is 12.6 Å². The number of aliphatic hydroxyl groups is 1. The first kappa shape index (κ1) is 19.2. The van der Waals surface area contributed by atoms with Gasteiger partial charge in [0.2, 0.25) is 0 Å². The van der Waals surface area contributed by atoms with Gasteiger partial charge in [-0.05, 0) is 6.07 Å². The summed E-state index contributed by atoms with van der Waals surface area (Å²) in [6.07, 6.45) is -1.97. The molecule has 2 rings (SSSR count). The predicted molar refractivity (Wildman–Crippen MR) is 76.3 cm³/mol. The Balaban J connectivity index is 2.00. The van der Waals surface area contributed by atoms with E-state index in [9.17, 15) is 19.0 Å². The van der Waals surface area contributed by atoms with Crippen LogP contribution in [0, 0.1) is 0 Å². The van der Waals surface area contributed by atoms with Crippen LogP contribution in [0.3, 0.4) is 0 Å². The minimum Gasteiger partial charge on any atom is -0.390 e.